The van der Waals surface area contributed by atoms with E-state index in [1.165, 1.54) is 6.07 Å². The fourth-order valence-electron chi connectivity index (χ4n) is 2.74. The lowest BCUT2D eigenvalue weighted by Crippen LogP contribution is -2.32. The summed E-state index contributed by atoms with van der Waals surface area (Å²) in [7, 11) is 0. The van der Waals surface area contributed by atoms with Gasteiger partial charge < -0.3 is 15.2 Å². The van der Waals surface area contributed by atoms with Gasteiger partial charge in [-0.25, -0.2) is 4.79 Å². The predicted molar refractivity (Wildman–Crippen MR) is 82.4 cm³/mol. The van der Waals surface area contributed by atoms with Crippen molar-refractivity contribution in [1.82, 2.24) is 0 Å². The van der Waals surface area contributed by atoms with Crippen LogP contribution in [0, 0.1) is 11.8 Å². The molecule has 4 atom stereocenters. The van der Waals surface area contributed by atoms with Crippen molar-refractivity contribution in [2.45, 2.75) is 33.0 Å². The molecule has 0 aromatic heterocycles. The van der Waals surface area contributed by atoms with Crippen LogP contribution in [0.25, 0.3) is 0 Å². The van der Waals surface area contributed by atoms with Gasteiger partial charge in [0, 0.05) is 4.47 Å². The second-order valence-corrected chi connectivity index (χ2v) is 6.33. The molecule has 5 nitrogen and oxygen atoms in total. The minimum absolute atomic E-state index is 0.0135. The van der Waals surface area contributed by atoms with E-state index in [9.17, 15) is 14.7 Å². The van der Waals surface area contributed by atoms with Crippen molar-refractivity contribution in [2.24, 2.45) is 11.8 Å². The molecule has 1 fully saturated rings. The fraction of sp³-hybridized carbons (Fsp3) is 0.467. The maximum atomic E-state index is 12.4. The van der Waals surface area contributed by atoms with Crippen LogP contribution in [0.4, 0.5) is 5.69 Å². The van der Waals surface area contributed by atoms with Crippen LogP contribution >= 0.6 is 15.9 Å². The highest BCUT2D eigenvalue weighted by Gasteiger charge is 2.41. The van der Waals surface area contributed by atoms with Gasteiger partial charge in [-0.2, -0.15) is 0 Å². The van der Waals surface area contributed by atoms with Crippen LogP contribution in [0.5, 0.6) is 0 Å². The number of carboxylic acid groups (broad SMARTS) is 1. The van der Waals surface area contributed by atoms with Crippen LogP contribution in [-0.2, 0) is 9.53 Å². The van der Waals surface area contributed by atoms with Crippen molar-refractivity contribution in [1.29, 1.82) is 0 Å². The Morgan fingerprint density at radius 2 is 1.90 bits per heavy atom. The van der Waals surface area contributed by atoms with E-state index in [1.54, 1.807) is 12.1 Å². The molecular weight excluding hydrogens is 338 g/mol. The van der Waals surface area contributed by atoms with Crippen LogP contribution < -0.4 is 5.32 Å². The van der Waals surface area contributed by atoms with Crippen molar-refractivity contribution in [3.8, 4) is 0 Å². The number of benzene rings is 1. The summed E-state index contributed by atoms with van der Waals surface area (Å²) < 4.78 is 6.31. The van der Waals surface area contributed by atoms with Crippen molar-refractivity contribution < 1.29 is 19.4 Å². The lowest BCUT2D eigenvalue weighted by atomic mass is 9.88. The lowest BCUT2D eigenvalue weighted by Gasteiger charge is -2.18. The first-order chi connectivity index (χ1) is 9.81. The number of amides is 1. The minimum atomic E-state index is -1.08. The van der Waals surface area contributed by atoms with E-state index >= 15 is 0 Å². The van der Waals surface area contributed by atoms with Crippen LogP contribution in [0.1, 0.15) is 31.1 Å². The smallest absolute Gasteiger partial charge is 0.337 e. The molecule has 6 heteroatoms. The summed E-state index contributed by atoms with van der Waals surface area (Å²) >= 11 is 3.23. The molecule has 1 aliphatic rings. The standard InChI is InChI=1S/C15H18BrNO4/c1-7-8(2)21-9(3)13(7)14(18)17-12-5-4-10(16)6-11(12)15(19)20/h4-9,13H,1-3H3,(H,17,18)(H,19,20). The molecule has 0 bridgehead atoms. The van der Waals surface area contributed by atoms with Gasteiger partial charge in [0.1, 0.15) is 0 Å². The van der Waals surface area contributed by atoms with E-state index in [0.29, 0.717) is 10.2 Å². The Balaban J connectivity index is 2.22. The van der Waals surface area contributed by atoms with E-state index < -0.39 is 5.97 Å². The first-order valence-corrected chi connectivity index (χ1v) is 7.59. The SMILES string of the molecule is CC1OC(C)C(C(=O)Nc2ccc(Br)cc2C(=O)O)C1C. The van der Waals surface area contributed by atoms with Crippen LogP contribution in [0.2, 0.25) is 0 Å². The normalized spacial score (nSPS) is 28.4. The van der Waals surface area contributed by atoms with E-state index in [0.717, 1.165) is 0 Å². The fourth-order valence-corrected chi connectivity index (χ4v) is 3.10. The van der Waals surface area contributed by atoms with Gasteiger partial charge in [0.2, 0.25) is 5.91 Å². The molecule has 1 aromatic carbocycles. The quantitative estimate of drug-likeness (QED) is 0.873. The third-order valence-corrected chi connectivity index (χ3v) is 4.51. The maximum Gasteiger partial charge on any atom is 0.337 e. The molecule has 1 saturated heterocycles. The summed E-state index contributed by atoms with van der Waals surface area (Å²) in [4.78, 5) is 23.7. The molecule has 0 aliphatic carbocycles. The number of hydrogen-bond acceptors (Lipinski definition) is 3. The van der Waals surface area contributed by atoms with Crippen molar-refractivity contribution >= 4 is 33.5 Å². The van der Waals surface area contributed by atoms with Gasteiger partial charge in [-0.05, 0) is 38.0 Å². The van der Waals surface area contributed by atoms with E-state index in [2.05, 4.69) is 21.2 Å². The second kappa shape index (κ2) is 6.15. The predicted octanol–water partition coefficient (Wildman–Crippen LogP) is 3.15. The number of hydrogen-bond donors (Lipinski definition) is 2. The monoisotopic (exact) mass is 355 g/mol. The zero-order chi connectivity index (χ0) is 15.7. The minimum Gasteiger partial charge on any atom is -0.478 e. The van der Waals surface area contributed by atoms with E-state index in [1.807, 2.05) is 20.8 Å². The maximum absolute atomic E-state index is 12.4. The molecule has 0 spiro atoms. The average molecular weight is 356 g/mol. The molecule has 114 valence electrons. The largest absolute Gasteiger partial charge is 0.478 e. The zero-order valence-electron chi connectivity index (χ0n) is 12.1. The number of aromatic carboxylic acids is 1. The van der Waals surface area contributed by atoms with E-state index in [4.69, 9.17) is 4.74 Å². The molecule has 1 heterocycles. The number of rotatable bonds is 3. The zero-order valence-corrected chi connectivity index (χ0v) is 13.7. The van der Waals surface area contributed by atoms with Gasteiger partial charge in [-0.3, -0.25) is 4.79 Å². The Morgan fingerprint density at radius 3 is 2.43 bits per heavy atom. The number of anilines is 1. The van der Waals surface area contributed by atoms with Gasteiger partial charge in [0.15, 0.2) is 0 Å². The Morgan fingerprint density at radius 1 is 1.24 bits per heavy atom. The number of halogens is 1. The lowest BCUT2D eigenvalue weighted by molar-refractivity contribution is -0.121. The molecule has 2 N–H and O–H groups in total. The summed E-state index contributed by atoms with van der Waals surface area (Å²) in [5.41, 5.74) is 0.361. The Labute approximate surface area is 131 Å². The van der Waals surface area contributed by atoms with Crippen molar-refractivity contribution in [3.05, 3.63) is 28.2 Å². The van der Waals surface area contributed by atoms with Crippen LogP contribution in [-0.4, -0.2) is 29.2 Å². The second-order valence-electron chi connectivity index (χ2n) is 5.42. The van der Waals surface area contributed by atoms with Gasteiger partial charge >= 0.3 is 5.97 Å². The third-order valence-electron chi connectivity index (χ3n) is 4.01. The van der Waals surface area contributed by atoms with Gasteiger partial charge in [-0.15, -0.1) is 0 Å². The number of carbonyl (C=O) groups is 2. The van der Waals surface area contributed by atoms with Crippen molar-refractivity contribution in [3.63, 3.8) is 0 Å². The molecule has 1 aliphatic heterocycles. The Bertz CT molecular complexity index is 575. The molecule has 4 unspecified atom stereocenters. The summed E-state index contributed by atoms with van der Waals surface area (Å²) in [6.45, 7) is 5.78. The summed E-state index contributed by atoms with van der Waals surface area (Å²) in [6, 6.07) is 4.75. The molecule has 2 rings (SSSR count). The van der Waals surface area contributed by atoms with Crippen LogP contribution in [0.15, 0.2) is 22.7 Å². The first kappa shape index (κ1) is 16.0. The number of carbonyl (C=O) groups excluding carboxylic acids is 1. The van der Waals surface area contributed by atoms with Crippen molar-refractivity contribution in [2.75, 3.05) is 5.32 Å². The highest BCUT2D eigenvalue weighted by Crippen LogP contribution is 2.33. The molecular formula is C15H18BrNO4. The van der Waals surface area contributed by atoms with E-state index in [-0.39, 0.29) is 35.5 Å². The molecule has 1 aromatic rings. The number of nitrogens with one attached hydrogen (secondary N) is 1. The Hall–Kier alpha value is -1.40. The third kappa shape index (κ3) is 3.27. The summed E-state index contributed by atoms with van der Waals surface area (Å²) in [6.07, 6.45) is -0.168. The molecule has 1 amide bonds. The molecule has 0 saturated carbocycles. The average Bonchev–Trinajstić information content (AvgIpc) is 2.65. The molecule has 0 radical (unpaired) electrons. The highest BCUT2D eigenvalue weighted by atomic mass is 79.9. The van der Waals surface area contributed by atoms with Gasteiger partial charge in [0.25, 0.3) is 0 Å². The number of ether oxygens (including phenoxy) is 1. The van der Waals surface area contributed by atoms with Crippen LogP contribution in [0.3, 0.4) is 0 Å². The first-order valence-electron chi connectivity index (χ1n) is 6.80. The summed E-state index contributed by atoms with van der Waals surface area (Å²) in [5, 5.41) is 11.9. The number of carboxylic acids is 1. The molecule has 21 heavy (non-hydrogen) atoms. The Kier molecular flexibility index (Phi) is 4.68. The van der Waals surface area contributed by atoms with Gasteiger partial charge in [-0.1, -0.05) is 22.9 Å². The highest BCUT2D eigenvalue weighted by molar-refractivity contribution is 9.10. The summed E-state index contributed by atoms with van der Waals surface area (Å²) in [5.74, 6) is -1.48. The topological polar surface area (TPSA) is 75.6 Å². The van der Waals surface area contributed by atoms with Gasteiger partial charge in [0.05, 0.1) is 29.4 Å².